The number of piperidine rings is 1. The summed E-state index contributed by atoms with van der Waals surface area (Å²) in [7, 11) is 0. The lowest BCUT2D eigenvalue weighted by Gasteiger charge is -2.30. The van der Waals surface area contributed by atoms with Crippen LogP contribution in [0.4, 0.5) is 0 Å². The first kappa shape index (κ1) is 15.6. The number of likely N-dealkylation sites (tertiary alicyclic amines) is 1. The molecule has 0 bridgehead atoms. The van der Waals surface area contributed by atoms with Crippen LogP contribution in [-0.2, 0) is 4.79 Å². The number of carbonyl (C=O) groups is 1. The number of ether oxygens (including phenoxy) is 1. The Labute approximate surface area is 131 Å². The van der Waals surface area contributed by atoms with E-state index in [0.29, 0.717) is 18.2 Å². The molecule has 0 spiro atoms. The largest absolute Gasteiger partial charge is 0.491 e. The molecule has 1 heterocycles. The van der Waals surface area contributed by atoms with Gasteiger partial charge in [-0.3, -0.25) is 9.69 Å². The van der Waals surface area contributed by atoms with Gasteiger partial charge < -0.3 is 9.84 Å². The van der Waals surface area contributed by atoms with E-state index in [4.69, 9.17) is 21.4 Å². The molecular weight excluding hydrogens is 346 g/mol. The van der Waals surface area contributed by atoms with Crippen molar-refractivity contribution >= 4 is 33.5 Å². The molecule has 0 amide bonds. The van der Waals surface area contributed by atoms with Gasteiger partial charge in [0, 0.05) is 18.1 Å². The fourth-order valence-electron chi connectivity index (χ4n) is 2.34. The molecule has 6 heteroatoms. The molecule has 4 nitrogen and oxygen atoms in total. The first-order chi connectivity index (χ1) is 9.56. The van der Waals surface area contributed by atoms with Crippen LogP contribution in [0.25, 0.3) is 0 Å². The molecule has 1 aliphatic rings. The Kier molecular flexibility index (Phi) is 5.69. The number of aliphatic carboxylic acids is 1. The summed E-state index contributed by atoms with van der Waals surface area (Å²) in [5.74, 6) is -0.191. The molecule has 1 fully saturated rings. The summed E-state index contributed by atoms with van der Waals surface area (Å²) in [5, 5.41) is 9.70. The Morgan fingerprint density at radius 3 is 3.05 bits per heavy atom. The van der Waals surface area contributed by atoms with Crippen molar-refractivity contribution in [2.24, 2.45) is 5.92 Å². The maximum Gasteiger partial charge on any atom is 0.307 e. The van der Waals surface area contributed by atoms with Crippen LogP contribution in [0.3, 0.4) is 0 Å². The first-order valence-electron chi connectivity index (χ1n) is 6.59. The van der Waals surface area contributed by atoms with E-state index >= 15 is 0 Å². The van der Waals surface area contributed by atoms with Gasteiger partial charge in [0.15, 0.2) is 0 Å². The molecule has 0 saturated carbocycles. The Balaban J connectivity index is 1.79. The summed E-state index contributed by atoms with van der Waals surface area (Å²) in [5.41, 5.74) is 0. The van der Waals surface area contributed by atoms with Gasteiger partial charge in [-0.05, 0) is 53.5 Å². The summed E-state index contributed by atoms with van der Waals surface area (Å²) in [6.45, 7) is 2.82. The van der Waals surface area contributed by atoms with Gasteiger partial charge in [-0.25, -0.2) is 0 Å². The third-order valence-corrected chi connectivity index (χ3v) is 4.27. The van der Waals surface area contributed by atoms with E-state index in [1.807, 2.05) is 6.07 Å². The minimum absolute atomic E-state index is 0.244. The van der Waals surface area contributed by atoms with Gasteiger partial charge >= 0.3 is 5.97 Å². The molecule has 0 aromatic heterocycles. The number of halogens is 2. The molecule has 0 unspecified atom stereocenters. The van der Waals surface area contributed by atoms with Gasteiger partial charge in [-0.1, -0.05) is 11.6 Å². The molecule has 1 atom stereocenters. The SMILES string of the molecule is O=C(O)[C@H]1CCCN(CCOc2ccc(Cl)cc2Br)C1. The molecular formula is C14H17BrClNO3. The molecule has 1 saturated heterocycles. The number of rotatable bonds is 5. The minimum Gasteiger partial charge on any atom is -0.491 e. The fourth-order valence-corrected chi connectivity index (χ4v) is 3.13. The molecule has 110 valence electrons. The zero-order chi connectivity index (χ0) is 14.5. The van der Waals surface area contributed by atoms with Gasteiger partial charge in [0.1, 0.15) is 12.4 Å². The predicted molar refractivity (Wildman–Crippen MR) is 81.4 cm³/mol. The number of nitrogens with zero attached hydrogens (tertiary/aromatic N) is 1. The maximum atomic E-state index is 11.0. The van der Waals surface area contributed by atoms with Gasteiger partial charge in [-0.2, -0.15) is 0 Å². The summed E-state index contributed by atoms with van der Waals surface area (Å²) in [6, 6.07) is 5.39. The van der Waals surface area contributed by atoms with Crippen LogP contribution < -0.4 is 4.74 Å². The van der Waals surface area contributed by atoms with Crippen LogP contribution in [0.1, 0.15) is 12.8 Å². The van der Waals surface area contributed by atoms with Crippen molar-refractivity contribution in [1.29, 1.82) is 0 Å². The highest BCUT2D eigenvalue weighted by molar-refractivity contribution is 9.10. The van der Waals surface area contributed by atoms with Crippen LogP contribution in [0.5, 0.6) is 5.75 Å². The lowest BCUT2D eigenvalue weighted by atomic mass is 9.98. The van der Waals surface area contributed by atoms with Crippen molar-refractivity contribution < 1.29 is 14.6 Å². The minimum atomic E-state index is -0.698. The number of hydrogen-bond acceptors (Lipinski definition) is 3. The summed E-state index contributed by atoms with van der Waals surface area (Å²) < 4.78 is 6.52. The Bertz CT molecular complexity index is 483. The van der Waals surface area contributed by atoms with Crippen molar-refractivity contribution in [2.75, 3.05) is 26.2 Å². The molecule has 2 rings (SSSR count). The molecule has 1 N–H and O–H groups in total. The number of benzene rings is 1. The third-order valence-electron chi connectivity index (χ3n) is 3.41. The second-order valence-corrected chi connectivity index (χ2v) is 6.19. The van der Waals surface area contributed by atoms with Crippen LogP contribution in [0.2, 0.25) is 5.02 Å². The fraction of sp³-hybridized carbons (Fsp3) is 0.500. The normalized spacial score (nSPS) is 19.8. The second kappa shape index (κ2) is 7.29. The lowest BCUT2D eigenvalue weighted by Crippen LogP contribution is -2.40. The third kappa shape index (κ3) is 4.36. The Hall–Kier alpha value is -0.780. The molecule has 0 radical (unpaired) electrons. The highest BCUT2D eigenvalue weighted by Gasteiger charge is 2.24. The van der Waals surface area contributed by atoms with Crippen LogP contribution in [-0.4, -0.2) is 42.2 Å². The average Bonchev–Trinajstić information content (AvgIpc) is 2.41. The number of carboxylic acid groups (broad SMARTS) is 1. The molecule has 1 aromatic carbocycles. The predicted octanol–water partition coefficient (Wildman–Crippen LogP) is 3.28. The summed E-state index contributed by atoms with van der Waals surface area (Å²) in [6.07, 6.45) is 1.71. The monoisotopic (exact) mass is 361 g/mol. The van der Waals surface area contributed by atoms with E-state index < -0.39 is 5.97 Å². The number of carboxylic acids is 1. The van der Waals surface area contributed by atoms with Gasteiger partial charge in [0.25, 0.3) is 0 Å². The molecule has 0 aliphatic carbocycles. The topological polar surface area (TPSA) is 49.8 Å². The Morgan fingerprint density at radius 2 is 2.35 bits per heavy atom. The molecule has 1 aliphatic heterocycles. The highest BCUT2D eigenvalue weighted by Crippen LogP contribution is 2.28. The van der Waals surface area contributed by atoms with E-state index in [1.165, 1.54) is 0 Å². The van der Waals surface area contributed by atoms with Gasteiger partial charge in [-0.15, -0.1) is 0 Å². The maximum absolute atomic E-state index is 11.0. The zero-order valence-electron chi connectivity index (χ0n) is 11.0. The van der Waals surface area contributed by atoms with Crippen molar-refractivity contribution in [3.05, 3.63) is 27.7 Å². The van der Waals surface area contributed by atoms with Crippen LogP contribution in [0.15, 0.2) is 22.7 Å². The van der Waals surface area contributed by atoms with Gasteiger partial charge in [0.05, 0.1) is 10.4 Å². The van der Waals surface area contributed by atoms with E-state index in [-0.39, 0.29) is 5.92 Å². The quantitative estimate of drug-likeness (QED) is 0.873. The van der Waals surface area contributed by atoms with E-state index in [9.17, 15) is 4.79 Å². The van der Waals surface area contributed by atoms with E-state index in [2.05, 4.69) is 20.8 Å². The van der Waals surface area contributed by atoms with Crippen molar-refractivity contribution in [1.82, 2.24) is 4.90 Å². The smallest absolute Gasteiger partial charge is 0.307 e. The van der Waals surface area contributed by atoms with Crippen LogP contribution >= 0.6 is 27.5 Å². The van der Waals surface area contributed by atoms with Crippen molar-refractivity contribution in [3.63, 3.8) is 0 Å². The van der Waals surface area contributed by atoms with E-state index in [0.717, 1.165) is 36.2 Å². The standard InChI is InChI=1S/C14H17BrClNO3/c15-12-8-11(16)3-4-13(12)20-7-6-17-5-1-2-10(9-17)14(18)19/h3-4,8,10H,1-2,5-7,9H2,(H,18,19)/t10-/m0/s1. The lowest BCUT2D eigenvalue weighted by molar-refractivity contribution is -0.143. The molecule has 1 aromatic rings. The van der Waals surface area contributed by atoms with Crippen molar-refractivity contribution in [3.8, 4) is 5.75 Å². The second-order valence-electron chi connectivity index (χ2n) is 4.90. The van der Waals surface area contributed by atoms with E-state index in [1.54, 1.807) is 12.1 Å². The summed E-state index contributed by atoms with van der Waals surface area (Å²) in [4.78, 5) is 13.1. The average molecular weight is 363 g/mol. The first-order valence-corrected chi connectivity index (χ1v) is 7.76. The Morgan fingerprint density at radius 1 is 1.55 bits per heavy atom. The van der Waals surface area contributed by atoms with Gasteiger partial charge in [0.2, 0.25) is 0 Å². The molecule has 20 heavy (non-hydrogen) atoms. The van der Waals surface area contributed by atoms with Crippen molar-refractivity contribution in [2.45, 2.75) is 12.8 Å². The number of hydrogen-bond donors (Lipinski definition) is 1. The van der Waals surface area contributed by atoms with Crippen LogP contribution in [0, 0.1) is 5.92 Å². The summed E-state index contributed by atoms with van der Waals surface area (Å²) >= 11 is 9.27. The highest BCUT2D eigenvalue weighted by atomic mass is 79.9. The zero-order valence-corrected chi connectivity index (χ0v) is 13.4.